The predicted molar refractivity (Wildman–Crippen MR) is 125 cm³/mol. The number of nitro benzene ring substituents is 1. The first kappa shape index (κ1) is 29.4. The van der Waals surface area contributed by atoms with Crippen LogP contribution in [0.4, 0.5) is 10.5 Å². The number of aliphatic hydroxyl groups is 1. The van der Waals surface area contributed by atoms with E-state index in [-0.39, 0.29) is 49.9 Å². The fourth-order valence-corrected chi connectivity index (χ4v) is 3.63. The van der Waals surface area contributed by atoms with Crippen molar-refractivity contribution in [3.05, 3.63) is 27.8 Å². The second-order valence-corrected chi connectivity index (χ2v) is 7.86. The Labute approximate surface area is 202 Å². The minimum Gasteiger partial charge on any atom is -0.496 e. The van der Waals surface area contributed by atoms with Crippen LogP contribution in [0.2, 0.25) is 0 Å². The molecule has 3 N–H and O–H groups in total. The lowest BCUT2D eigenvalue weighted by Gasteiger charge is -2.11. The summed E-state index contributed by atoms with van der Waals surface area (Å²) in [5, 5.41) is 25.7. The second-order valence-electron chi connectivity index (χ2n) is 6.72. The van der Waals surface area contributed by atoms with E-state index in [9.17, 15) is 24.8 Å². The second kappa shape index (κ2) is 17.8. The lowest BCUT2D eigenvalue weighted by atomic mass is 10.2. The minimum absolute atomic E-state index is 0.124. The zero-order valence-electron chi connectivity index (χ0n) is 19.5. The van der Waals surface area contributed by atoms with Gasteiger partial charge in [0.25, 0.3) is 5.69 Å². The maximum absolute atomic E-state index is 11.9. The maximum atomic E-state index is 11.9. The van der Waals surface area contributed by atoms with Gasteiger partial charge in [-0.25, -0.2) is 4.79 Å². The molecule has 0 aliphatic carbocycles. The molecule has 34 heavy (non-hydrogen) atoms. The fourth-order valence-electron chi connectivity index (χ4n) is 2.64. The summed E-state index contributed by atoms with van der Waals surface area (Å²) >= 11 is 1.33. The van der Waals surface area contributed by atoms with Crippen molar-refractivity contribution < 1.29 is 38.6 Å². The number of amides is 2. The molecule has 0 atom stereocenters. The van der Waals surface area contributed by atoms with Gasteiger partial charge in [0.2, 0.25) is 5.91 Å². The molecular weight excluding hydrogens is 470 g/mol. The van der Waals surface area contributed by atoms with Gasteiger partial charge in [-0.05, 0) is 25.2 Å². The molecule has 0 saturated heterocycles. The van der Waals surface area contributed by atoms with Crippen LogP contribution in [0.15, 0.2) is 17.0 Å². The Morgan fingerprint density at radius 2 is 1.82 bits per heavy atom. The Balaban J connectivity index is 2.19. The van der Waals surface area contributed by atoms with E-state index in [2.05, 4.69) is 10.6 Å². The summed E-state index contributed by atoms with van der Waals surface area (Å²) in [6.45, 7) is 3.87. The number of carbonyl (C=O) groups is 2. The number of ether oxygens (including phenoxy) is 4. The summed E-state index contributed by atoms with van der Waals surface area (Å²) in [6.07, 6.45) is 0.207. The van der Waals surface area contributed by atoms with Crippen LogP contribution >= 0.6 is 11.8 Å². The van der Waals surface area contributed by atoms with Gasteiger partial charge >= 0.3 is 6.09 Å². The first-order valence-electron chi connectivity index (χ1n) is 10.8. The fraction of sp³-hybridized carbons (Fsp3) is 0.619. The molecule has 1 aromatic rings. The lowest BCUT2D eigenvalue weighted by Crippen LogP contribution is -2.35. The zero-order chi connectivity index (χ0) is 25.2. The van der Waals surface area contributed by atoms with Crippen LogP contribution in [-0.4, -0.2) is 81.0 Å². The van der Waals surface area contributed by atoms with Crippen LogP contribution in [0.25, 0.3) is 0 Å². The number of alkyl carbamates (subject to hydrolysis) is 1. The van der Waals surface area contributed by atoms with Gasteiger partial charge in [-0.15, -0.1) is 11.8 Å². The molecule has 0 aliphatic heterocycles. The monoisotopic (exact) mass is 503 g/mol. The molecule has 0 heterocycles. The van der Waals surface area contributed by atoms with E-state index in [1.165, 1.54) is 31.0 Å². The molecule has 0 unspecified atom stereocenters. The molecule has 0 saturated carbocycles. The first-order valence-corrected chi connectivity index (χ1v) is 11.8. The molecule has 1 rings (SSSR count). The highest BCUT2D eigenvalue weighted by atomic mass is 32.2. The van der Waals surface area contributed by atoms with E-state index in [1.807, 2.05) is 6.92 Å². The quantitative estimate of drug-likeness (QED) is 0.117. The third-order valence-electron chi connectivity index (χ3n) is 4.29. The van der Waals surface area contributed by atoms with E-state index >= 15 is 0 Å². The van der Waals surface area contributed by atoms with Crippen molar-refractivity contribution in [3.8, 4) is 5.75 Å². The number of nitrogens with zero attached hydrogens (tertiary/aromatic N) is 1. The van der Waals surface area contributed by atoms with Crippen molar-refractivity contribution in [1.82, 2.24) is 10.6 Å². The molecule has 0 radical (unpaired) electrons. The van der Waals surface area contributed by atoms with Gasteiger partial charge in [0.1, 0.15) is 12.4 Å². The Bertz CT molecular complexity index is 780. The molecular formula is C21H33N3O9S. The summed E-state index contributed by atoms with van der Waals surface area (Å²) < 4.78 is 20.5. The third-order valence-corrected chi connectivity index (χ3v) is 5.41. The number of hydrogen-bond donors (Lipinski definition) is 3. The van der Waals surface area contributed by atoms with E-state index in [1.54, 1.807) is 0 Å². The van der Waals surface area contributed by atoms with Crippen LogP contribution in [0.5, 0.6) is 5.75 Å². The molecule has 0 aliphatic rings. The van der Waals surface area contributed by atoms with Crippen LogP contribution in [0.3, 0.4) is 0 Å². The number of hydrogen-bond acceptors (Lipinski definition) is 10. The van der Waals surface area contributed by atoms with Crippen LogP contribution in [-0.2, 0) is 25.6 Å². The van der Waals surface area contributed by atoms with Crippen molar-refractivity contribution in [2.45, 2.75) is 31.3 Å². The summed E-state index contributed by atoms with van der Waals surface area (Å²) in [5.41, 5.74) is -0.00224. The number of benzene rings is 1. The molecule has 0 spiro atoms. The Morgan fingerprint density at radius 1 is 1.12 bits per heavy atom. The molecule has 0 bridgehead atoms. The largest absolute Gasteiger partial charge is 0.496 e. The SMILES string of the molecule is CCOCCOCCOC(=O)NCCNC(=O)CCCSc1cc([N+](=O)[O-])c(CO)cc1OC. The van der Waals surface area contributed by atoms with Gasteiger partial charge in [-0.1, -0.05) is 0 Å². The summed E-state index contributed by atoms with van der Waals surface area (Å²) in [7, 11) is 1.45. The third kappa shape index (κ3) is 12.0. The van der Waals surface area contributed by atoms with E-state index < -0.39 is 17.6 Å². The highest BCUT2D eigenvalue weighted by Crippen LogP contribution is 2.36. The molecule has 0 fully saturated rings. The van der Waals surface area contributed by atoms with Crippen molar-refractivity contribution in [1.29, 1.82) is 0 Å². The van der Waals surface area contributed by atoms with Gasteiger partial charge < -0.3 is 34.7 Å². The molecule has 13 heteroatoms. The van der Waals surface area contributed by atoms with Crippen molar-refractivity contribution in [3.63, 3.8) is 0 Å². The standard InChI is InChI=1S/C21H33N3O9S/c1-3-31-8-9-32-10-11-33-21(27)23-7-6-22-20(26)5-4-12-34-19-14-17(24(28)29)16(15-25)13-18(19)30-2/h13-14,25H,3-12,15H2,1-2H3,(H,22,26)(H,23,27). The Kier molecular flexibility index (Phi) is 15.4. The average molecular weight is 504 g/mol. The highest BCUT2D eigenvalue weighted by Gasteiger charge is 2.18. The van der Waals surface area contributed by atoms with Crippen LogP contribution in [0.1, 0.15) is 25.3 Å². The number of thioether (sulfide) groups is 1. The topological polar surface area (TPSA) is 158 Å². The highest BCUT2D eigenvalue weighted by molar-refractivity contribution is 7.99. The number of carbonyl (C=O) groups excluding carboxylic acids is 2. The molecule has 0 aromatic heterocycles. The smallest absolute Gasteiger partial charge is 0.407 e. The van der Waals surface area contributed by atoms with Crippen molar-refractivity contribution in [2.24, 2.45) is 0 Å². The van der Waals surface area contributed by atoms with Gasteiger partial charge in [0.05, 0.1) is 48.9 Å². The lowest BCUT2D eigenvalue weighted by molar-refractivity contribution is -0.386. The van der Waals surface area contributed by atoms with Crippen LogP contribution < -0.4 is 15.4 Å². The number of rotatable bonds is 18. The van der Waals surface area contributed by atoms with Gasteiger partial charge in [-0.2, -0.15) is 0 Å². The average Bonchev–Trinajstić information content (AvgIpc) is 2.83. The normalized spacial score (nSPS) is 10.6. The minimum atomic E-state index is -0.589. The number of nitrogens with one attached hydrogen (secondary N) is 2. The Hall–Kier alpha value is -2.61. The van der Waals surface area contributed by atoms with Crippen LogP contribution in [0, 0.1) is 10.1 Å². The first-order chi connectivity index (χ1) is 16.4. The predicted octanol–water partition coefficient (Wildman–Crippen LogP) is 1.86. The van der Waals surface area contributed by atoms with E-state index in [4.69, 9.17) is 18.9 Å². The van der Waals surface area contributed by atoms with Crippen molar-refractivity contribution in [2.75, 3.05) is 59.0 Å². The van der Waals surface area contributed by atoms with E-state index in [0.717, 1.165) is 0 Å². The number of nitro groups is 1. The molecule has 1 aromatic carbocycles. The van der Waals surface area contributed by atoms with E-state index in [0.29, 0.717) is 42.6 Å². The van der Waals surface area contributed by atoms with Gasteiger partial charge in [0.15, 0.2) is 0 Å². The van der Waals surface area contributed by atoms with Gasteiger partial charge in [0, 0.05) is 32.2 Å². The molecule has 12 nitrogen and oxygen atoms in total. The number of aliphatic hydroxyl groups excluding tert-OH is 1. The zero-order valence-corrected chi connectivity index (χ0v) is 20.3. The number of methoxy groups -OCH3 is 1. The van der Waals surface area contributed by atoms with Crippen molar-refractivity contribution >= 4 is 29.4 Å². The van der Waals surface area contributed by atoms with Gasteiger partial charge in [-0.3, -0.25) is 14.9 Å². The summed E-state index contributed by atoms with van der Waals surface area (Å²) in [4.78, 5) is 34.7. The summed E-state index contributed by atoms with van der Waals surface area (Å²) in [5.74, 6) is 0.794. The Morgan fingerprint density at radius 3 is 2.50 bits per heavy atom. The maximum Gasteiger partial charge on any atom is 0.407 e. The molecule has 2 amide bonds. The molecule has 192 valence electrons. The summed E-state index contributed by atoms with van der Waals surface area (Å²) in [6, 6.07) is 2.81.